The Morgan fingerprint density at radius 3 is 2.95 bits per heavy atom. The fourth-order valence-electron chi connectivity index (χ4n) is 2.87. The fourth-order valence-corrected chi connectivity index (χ4v) is 2.87. The number of carboxylic acids is 1. The first kappa shape index (κ1) is 15.0. The van der Waals surface area contributed by atoms with Crippen LogP contribution in [0.25, 0.3) is 0 Å². The normalized spacial score (nSPS) is 20.9. The van der Waals surface area contributed by atoms with Gasteiger partial charge in [-0.25, -0.2) is 0 Å². The molecule has 0 aliphatic carbocycles. The van der Waals surface area contributed by atoms with Crippen LogP contribution in [0.3, 0.4) is 0 Å². The van der Waals surface area contributed by atoms with Gasteiger partial charge in [-0.05, 0) is 63.3 Å². The molecule has 1 aromatic heterocycles. The molecule has 1 unspecified atom stereocenters. The standard InChI is InChI=1S/C16H24N2O2/c1-12-6-7-17-9-13(12)10-18-8-4-5-14(11-18)16(2,3)15(19)20/h6-7,9,14H,4-5,8,10-11H2,1-3H3,(H,19,20). The predicted molar refractivity (Wildman–Crippen MR) is 78.4 cm³/mol. The summed E-state index contributed by atoms with van der Waals surface area (Å²) in [5.74, 6) is -0.479. The number of hydrogen-bond acceptors (Lipinski definition) is 3. The maximum absolute atomic E-state index is 11.4. The predicted octanol–water partition coefficient (Wildman–Crippen LogP) is 2.71. The summed E-state index contributed by atoms with van der Waals surface area (Å²) >= 11 is 0. The van der Waals surface area contributed by atoms with Crippen LogP contribution in [0.1, 0.15) is 37.8 Å². The first-order chi connectivity index (χ1) is 9.41. The van der Waals surface area contributed by atoms with Gasteiger partial charge in [0.2, 0.25) is 0 Å². The van der Waals surface area contributed by atoms with E-state index in [1.807, 2.05) is 32.3 Å². The molecule has 1 saturated heterocycles. The van der Waals surface area contributed by atoms with Crippen molar-refractivity contribution < 1.29 is 9.90 Å². The Kier molecular flexibility index (Phi) is 4.43. The molecule has 0 bridgehead atoms. The maximum Gasteiger partial charge on any atom is 0.309 e. The van der Waals surface area contributed by atoms with Gasteiger partial charge in [-0.3, -0.25) is 14.7 Å². The second-order valence-corrected chi connectivity index (χ2v) is 6.40. The Balaban J connectivity index is 2.04. The van der Waals surface area contributed by atoms with Crippen molar-refractivity contribution in [2.24, 2.45) is 11.3 Å². The van der Waals surface area contributed by atoms with E-state index in [0.29, 0.717) is 0 Å². The average molecular weight is 276 g/mol. The van der Waals surface area contributed by atoms with Crippen LogP contribution in [-0.2, 0) is 11.3 Å². The van der Waals surface area contributed by atoms with Crippen molar-refractivity contribution in [2.75, 3.05) is 13.1 Å². The summed E-state index contributed by atoms with van der Waals surface area (Å²) in [6, 6.07) is 2.03. The average Bonchev–Trinajstić information content (AvgIpc) is 2.41. The number of aromatic nitrogens is 1. The first-order valence-corrected chi connectivity index (χ1v) is 7.26. The Hall–Kier alpha value is -1.42. The van der Waals surface area contributed by atoms with Crippen LogP contribution in [0.4, 0.5) is 0 Å². The van der Waals surface area contributed by atoms with Crippen LogP contribution in [-0.4, -0.2) is 34.0 Å². The number of aliphatic carboxylic acids is 1. The molecule has 0 aromatic carbocycles. The molecule has 0 saturated carbocycles. The Labute approximate surface area is 120 Å². The van der Waals surface area contributed by atoms with Crippen LogP contribution in [0.2, 0.25) is 0 Å². The second-order valence-electron chi connectivity index (χ2n) is 6.40. The van der Waals surface area contributed by atoms with Crippen molar-refractivity contribution in [3.63, 3.8) is 0 Å². The number of carbonyl (C=O) groups is 1. The van der Waals surface area contributed by atoms with Gasteiger partial charge in [0.05, 0.1) is 5.41 Å². The summed E-state index contributed by atoms with van der Waals surface area (Å²) in [5.41, 5.74) is 1.84. The van der Waals surface area contributed by atoms with Gasteiger partial charge in [-0.15, -0.1) is 0 Å². The molecule has 4 nitrogen and oxygen atoms in total. The van der Waals surface area contributed by atoms with Crippen molar-refractivity contribution in [1.82, 2.24) is 9.88 Å². The Morgan fingerprint density at radius 1 is 1.55 bits per heavy atom. The highest BCUT2D eigenvalue weighted by Crippen LogP contribution is 2.34. The van der Waals surface area contributed by atoms with Crippen molar-refractivity contribution >= 4 is 5.97 Å². The zero-order valence-corrected chi connectivity index (χ0v) is 12.6. The lowest BCUT2D eigenvalue weighted by Crippen LogP contribution is -2.44. The molecule has 1 N–H and O–H groups in total. The SMILES string of the molecule is Cc1ccncc1CN1CCCC(C(C)(C)C(=O)O)C1. The minimum absolute atomic E-state index is 0.214. The summed E-state index contributed by atoms with van der Waals surface area (Å²) in [4.78, 5) is 18.0. The van der Waals surface area contributed by atoms with Crippen molar-refractivity contribution in [3.05, 3.63) is 29.6 Å². The highest BCUT2D eigenvalue weighted by molar-refractivity contribution is 5.74. The monoisotopic (exact) mass is 276 g/mol. The third-order valence-electron chi connectivity index (χ3n) is 4.62. The van der Waals surface area contributed by atoms with Crippen LogP contribution in [0.15, 0.2) is 18.5 Å². The zero-order valence-electron chi connectivity index (χ0n) is 12.6. The Bertz CT molecular complexity index is 485. The summed E-state index contributed by atoms with van der Waals surface area (Å²) < 4.78 is 0. The van der Waals surface area contributed by atoms with Gasteiger partial charge in [-0.2, -0.15) is 0 Å². The van der Waals surface area contributed by atoms with E-state index in [2.05, 4.69) is 16.8 Å². The van der Waals surface area contributed by atoms with E-state index >= 15 is 0 Å². The number of piperidine rings is 1. The lowest BCUT2D eigenvalue weighted by molar-refractivity contribution is -0.151. The molecule has 4 heteroatoms. The van der Waals surface area contributed by atoms with E-state index in [9.17, 15) is 9.90 Å². The lowest BCUT2D eigenvalue weighted by Gasteiger charge is -2.39. The van der Waals surface area contributed by atoms with E-state index in [-0.39, 0.29) is 5.92 Å². The fraction of sp³-hybridized carbons (Fsp3) is 0.625. The maximum atomic E-state index is 11.4. The molecule has 1 aliphatic rings. The molecule has 1 aromatic rings. The van der Waals surface area contributed by atoms with Gasteiger partial charge in [0, 0.05) is 25.5 Å². The number of hydrogen-bond donors (Lipinski definition) is 1. The van der Waals surface area contributed by atoms with Gasteiger partial charge in [-0.1, -0.05) is 0 Å². The van der Waals surface area contributed by atoms with E-state index in [0.717, 1.165) is 32.5 Å². The minimum Gasteiger partial charge on any atom is -0.481 e. The van der Waals surface area contributed by atoms with Crippen molar-refractivity contribution in [3.8, 4) is 0 Å². The highest BCUT2D eigenvalue weighted by Gasteiger charge is 2.38. The van der Waals surface area contributed by atoms with Crippen LogP contribution < -0.4 is 0 Å². The number of carboxylic acid groups (broad SMARTS) is 1. The van der Waals surface area contributed by atoms with Crippen molar-refractivity contribution in [1.29, 1.82) is 0 Å². The van der Waals surface area contributed by atoms with Crippen LogP contribution in [0.5, 0.6) is 0 Å². The molecule has 0 spiro atoms. The third kappa shape index (κ3) is 3.18. The van der Waals surface area contributed by atoms with Gasteiger partial charge in [0.25, 0.3) is 0 Å². The smallest absolute Gasteiger partial charge is 0.309 e. The summed E-state index contributed by atoms with van der Waals surface area (Å²) in [6.07, 6.45) is 5.80. The molecule has 20 heavy (non-hydrogen) atoms. The molecule has 0 radical (unpaired) electrons. The summed E-state index contributed by atoms with van der Waals surface area (Å²) in [5, 5.41) is 9.39. The number of aryl methyl sites for hydroxylation is 1. The highest BCUT2D eigenvalue weighted by atomic mass is 16.4. The molecular weight excluding hydrogens is 252 g/mol. The number of pyridine rings is 1. The van der Waals surface area contributed by atoms with Crippen LogP contribution >= 0.6 is 0 Å². The third-order valence-corrected chi connectivity index (χ3v) is 4.62. The molecule has 2 rings (SSSR count). The van der Waals surface area contributed by atoms with Crippen LogP contribution in [0, 0.1) is 18.3 Å². The van der Waals surface area contributed by atoms with E-state index in [1.165, 1.54) is 11.1 Å². The molecular formula is C16H24N2O2. The van der Waals surface area contributed by atoms with Gasteiger partial charge in [0.15, 0.2) is 0 Å². The minimum atomic E-state index is -0.693. The van der Waals surface area contributed by atoms with Gasteiger partial charge < -0.3 is 5.11 Å². The largest absolute Gasteiger partial charge is 0.481 e. The van der Waals surface area contributed by atoms with Gasteiger partial charge >= 0.3 is 5.97 Å². The number of nitrogens with zero attached hydrogens (tertiary/aromatic N) is 2. The van der Waals surface area contributed by atoms with E-state index in [1.54, 1.807) is 0 Å². The van der Waals surface area contributed by atoms with Gasteiger partial charge in [0.1, 0.15) is 0 Å². The summed E-state index contributed by atoms with van der Waals surface area (Å²) in [7, 11) is 0. The van der Waals surface area contributed by atoms with E-state index in [4.69, 9.17) is 0 Å². The number of rotatable bonds is 4. The molecule has 2 heterocycles. The second kappa shape index (κ2) is 5.92. The quantitative estimate of drug-likeness (QED) is 0.918. The number of likely N-dealkylation sites (tertiary alicyclic amines) is 1. The lowest BCUT2D eigenvalue weighted by atomic mass is 9.74. The molecule has 110 valence electrons. The first-order valence-electron chi connectivity index (χ1n) is 7.26. The van der Waals surface area contributed by atoms with E-state index < -0.39 is 11.4 Å². The topological polar surface area (TPSA) is 53.4 Å². The Morgan fingerprint density at radius 2 is 2.30 bits per heavy atom. The van der Waals surface area contributed by atoms with Crippen molar-refractivity contribution in [2.45, 2.75) is 40.2 Å². The molecule has 1 fully saturated rings. The molecule has 0 amide bonds. The summed E-state index contributed by atoms with van der Waals surface area (Å²) in [6.45, 7) is 8.55. The molecule has 1 atom stereocenters. The zero-order chi connectivity index (χ0) is 14.8. The molecule has 1 aliphatic heterocycles.